The summed E-state index contributed by atoms with van der Waals surface area (Å²) in [6.07, 6.45) is 1.02. The minimum Gasteiger partial charge on any atom is -0.507 e. The summed E-state index contributed by atoms with van der Waals surface area (Å²) in [6, 6.07) is 3.03. The van der Waals surface area contributed by atoms with E-state index < -0.39 is 23.8 Å². The zero-order valence-electron chi connectivity index (χ0n) is 9.09. The summed E-state index contributed by atoms with van der Waals surface area (Å²) in [4.78, 5) is 27.2. The standard InChI is InChI=1S/C12H8FNO3S/c13-7-1-2-9(15)8(5-7)10(16)6-11(17)12-14-3-4-18-12/h1-5,15H,6H2. The van der Waals surface area contributed by atoms with Gasteiger partial charge in [0.1, 0.15) is 11.6 Å². The van der Waals surface area contributed by atoms with Crippen molar-refractivity contribution < 1.29 is 19.1 Å². The predicted molar refractivity (Wildman–Crippen MR) is 63.5 cm³/mol. The summed E-state index contributed by atoms with van der Waals surface area (Å²) in [5.41, 5.74) is -0.195. The van der Waals surface area contributed by atoms with Crippen LogP contribution >= 0.6 is 11.3 Å². The van der Waals surface area contributed by atoms with Gasteiger partial charge in [-0.05, 0) is 18.2 Å². The Morgan fingerprint density at radius 3 is 2.78 bits per heavy atom. The summed E-state index contributed by atoms with van der Waals surface area (Å²) < 4.78 is 13.0. The van der Waals surface area contributed by atoms with Gasteiger partial charge >= 0.3 is 0 Å². The smallest absolute Gasteiger partial charge is 0.199 e. The number of aromatic nitrogens is 1. The third-order valence-electron chi connectivity index (χ3n) is 2.25. The number of phenolic OH excluding ortho intramolecular Hbond substituents is 1. The number of aromatic hydroxyl groups is 1. The molecule has 92 valence electrons. The van der Waals surface area contributed by atoms with Gasteiger partial charge in [0.05, 0.1) is 12.0 Å². The van der Waals surface area contributed by atoms with Crippen molar-refractivity contribution in [2.24, 2.45) is 0 Å². The fourth-order valence-corrected chi connectivity index (χ4v) is 1.99. The molecule has 0 fully saturated rings. The second-order valence-corrected chi connectivity index (χ2v) is 4.42. The maximum atomic E-state index is 13.0. The Labute approximate surface area is 106 Å². The van der Waals surface area contributed by atoms with E-state index >= 15 is 0 Å². The summed E-state index contributed by atoms with van der Waals surface area (Å²) in [7, 11) is 0. The van der Waals surface area contributed by atoms with E-state index in [9.17, 15) is 19.1 Å². The molecule has 6 heteroatoms. The molecule has 0 spiro atoms. The molecule has 2 aromatic rings. The molecular formula is C12H8FNO3S. The average Bonchev–Trinajstić information content (AvgIpc) is 2.85. The molecule has 0 saturated carbocycles. The quantitative estimate of drug-likeness (QED) is 0.681. The Bertz CT molecular complexity index is 595. The number of ketones is 2. The molecule has 0 radical (unpaired) electrons. The number of hydrogen-bond donors (Lipinski definition) is 1. The van der Waals surface area contributed by atoms with Gasteiger partial charge in [-0.2, -0.15) is 0 Å². The van der Waals surface area contributed by atoms with E-state index in [4.69, 9.17) is 0 Å². The first kappa shape index (κ1) is 12.4. The third kappa shape index (κ3) is 2.60. The van der Waals surface area contributed by atoms with Gasteiger partial charge in [0, 0.05) is 11.6 Å². The molecule has 18 heavy (non-hydrogen) atoms. The highest BCUT2D eigenvalue weighted by atomic mass is 32.1. The van der Waals surface area contributed by atoms with Crippen LogP contribution in [-0.2, 0) is 0 Å². The number of nitrogens with zero attached hydrogens (tertiary/aromatic N) is 1. The molecule has 4 nitrogen and oxygen atoms in total. The number of thiazole rings is 1. The van der Waals surface area contributed by atoms with Gasteiger partial charge in [0.15, 0.2) is 16.6 Å². The fraction of sp³-hybridized carbons (Fsp3) is 0.0833. The van der Waals surface area contributed by atoms with Crippen LogP contribution in [0.4, 0.5) is 4.39 Å². The summed E-state index contributed by atoms with van der Waals surface area (Å²) in [5.74, 6) is -2.06. The molecule has 0 atom stereocenters. The first-order chi connectivity index (χ1) is 8.58. The third-order valence-corrected chi connectivity index (χ3v) is 3.07. The average molecular weight is 265 g/mol. The van der Waals surface area contributed by atoms with Crippen LogP contribution in [0, 0.1) is 5.82 Å². The molecule has 2 rings (SSSR count). The number of rotatable bonds is 4. The molecule has 0 aliphatic heterocycles. The van der Waals surface area contributed by atoms with Crippen LogP contribution in [0.15, 0.2) is 29.8 Å². The molecule has 0 aliphatic carbocycles. The van der Waals surface area contributed by atoms with E-state index in [1.54, 1.807) is 5.38 Å². The highest BCUT2D eigenvalue weighted by Crippen LogP contribution is 2.20. The number of Topliss-reactive ketones (excluding diaryl/α,β-unsaturated/α-hetero) is 2. The van der Waals surface area contributed by atoms with Crippen LogP contribution in [-0.4, -0.2) is 21.7 Å². The van der Waals surface area contributed by atoms with Crippen molar-refractivity contribution in [3.8, 4) is 5.75 Å². The Hall–Kier alpha value is -2.08. The number of hydrogen-bond acceptors (Lipinski definition) is 5. The normalized spacial score (nSPS) is 10.3. The van der Waals surface area contributed by atoms with Gasteiger partial charge in [0.2, 0.25) is 0 Å². The van der Waals surface area contributed by atoms with Crippen LogP contribution in [0.2, 0.25) is 0 Å². The van der Waals surface area contributed by atoms with E-state index in [2.05, 4.69) is 4.98 Å². The van der Waals surface area contributed by atoms with Crippen LogP contribution in [0.5, 0.6) is 5.75 Å². The Morgan fingerprint density at radius 1 is 1.33 bits per heavy atom. The van der Waals surface area contributed by atoms with Crippen molar-refractivity contribution in [2.75, 3.05) is 0 Å². The van der Waals surface area contributed by atoms with Crippen molar-refractivity contribution >= 4 is 22.9 Å². The molecule has 1 aromatic heterocycles. The van der Waals surface area contributed by atoms with Crippen LogP contribution in [0.25, 0.3) is 0 Å². The van der Waals surface area contributed by atoms with Crippen LogP contribution < -0.4 is 0 Å². The first-order valence-electron chi connectivity index (χ1n) is 5.02. The lowest BCUT2D eigenvalue weighted by Gasteiger charge is -2.02. The van der Waals surface area contributed by atoms with Crippen molar-refractivity contribution in [3.05, 3.63) is 46.2 Å². The number of halogens is 1. The molecule has 0 saturated heterocycles. The fourth-order valence-electron chi connectivity index (χ4n) is 1.41. The molecular weight excluding hydrogens is 257 g/mol. The summed E-state index contributed by atoms with van der Waals surface area (Å²) in [6.45, 7) is 0. The second-order valence-electron chi connectivity index (χ2n) is 3.52. The Morgan fingerprint density at radius 2 is 2.11 bits per heavy atom. The minimum absolute atomic E-state index is 0.195. The lowest BCUT2D eigenvalue weighted by atomic mass is 10.1. The largest absolute Gasteiger partial charge is 0.507 e. The molecule has 1 aromatic carbocycles. The van der Waals surface area contributed by atoms with Gasteiger partial charge in [-0.15, -0.1) is 11.3 Å². The lowest BCUT2D eigenvalue weighted by Crippen LogP contribution is -2.08. The van der Waals surface area contributed by atoms with Crippen molar-refractivity contribution in [1.82, 2.24) is 4.98 Å². The van der Waals surface area contributed by atoms with Crippen LogP contribution in [0.1, 0.15) is 26.6 Å². The number of phenols is 1. The highest BCUT2D eigenvalue weighted by Gasteiger charge is 2.18. The number of carbonyl (C=O) groups is 2. The molecule has 0 aliphatic rings. The lowest BCUT2D eigenvalue weighted by molar-refractivity contribution is 0.0892. The first-order valence-corrected chi connectivity index (χ1v) is 5.90. The molecule has 0 bridgehead atoms. The van der Waals surface area contributed by atoms with Gasteiger partial charge in [-0.1, -0.05) is 0 Å². The predicted octanol–water partition coefficient (Wildman–Crippen LogP) is 2.44. The van der Waals surface area contributed by atoms with Crippen LogP contribution in [0.3, 0.4) is 0 Å². The molecule has 0 unspecified atom stereocenters. The van der Waals surface area contributed by atoms with E-state index in [1.165, 1.54) is 6.20 Å². The molecule has 1 N–H and O–H groups in total. The molecule has 0 amide bonds. The number of benzene rings is 1. The second kappa shape index (κ2) is 5.05. The minimum atomic E-state index is -0.641. The van der Waals surface area contributed by atoms with Crippen molar-refractivity contribution in [3.63, 3.8) is 0 Å². The number of carbonyl (C=O) groups excluding carboxylic acids is 2. The van der Waals surface area contributed by atoms with Crippen molar-refractivity contribution in [1.29, 1.82) is 0 Å². The maximum Gasteiger partial charge on any atom is 0.199 e. The molecule has 1 heterocycles. The SMILES string of the molecule is O=C(CC(=O)c1cc(F)ccc1O)c1nccs1. The van der Waals surface area contributed by atoms with Crippen molar-refractivity contribution in [2.45, 2.75) is 6.42 Å². The van der Waals surface area contributed by atoms with E-state index in [0.717, 1.165) is 29.5 Å². The monoisotopic (exact) mass is 265 g/mol. The Balaban J connectivity index is 2.17. The van der Waals surface area contributed by atoms with E-state index in [-0.39, 0.29) is 16.3 Å². The Kier molecular flexibility index (Phi) is 3.47. The zero-order chi connectivity index (χ0) is 13.1. The van der Waals surface area contributed by atoms with E-state index in [1.807, 2.05) is 0 Å². The highest BCUT2D eigenvalue weighted by molar-refractivity contribution is 7.11. The van der Waals surface area contributed by atoms with Gasteiger partial charge in [-0.25, -0.2) is 9.37 Å². The topological polar surface area (TPSA) is 67.3 Å². The summed E-state index contributed by atoms with van der Waals surface area (Å²) >= 11 is 1.13. The van der Waals surface area contributed by atoms with E-state index in [0.29, 0.717) is 0 Å². The summed E-state index contributed by atoms with van der Waals surface area (Å²) in [5, 5.41) is 11.3. The van der Waals surface area contributed by atoms with Gasteiger partial charge in [-0.3, -0.25) is 9.59 Å². The van der Waals surface area contributed by atoms with Gasteiger partial charge in [0.25, 0.3) is 0 Å². The van der Waals surface area contributed by atoms with Gasteiger partial charge < -0.3 is 5.11 Å². The zero-order valence-corrected chi connectivity index (χ0v) is 9.91. The maximum absolute atomic E-state index is 13.0.